The molecule has 1 atom stereocenters. The zero-order valence-corrected chi connectivity index (χ0v) is 6.72. The number of nitrogens with zero attached hydrogens (tertiary/aromatic N) is 1. The summed E-state index contributed by atoms with van der Waals surface area (Å²) >= 11 is 0. The van der Waals surface area contributed by atoms with Gasteiger partial charge in [0.05, 0.1) is 0 Å². The van der Waals surface area contributed by atoms with Gasteiger partial charge in [-0.3, -0.25) is 4.90 Å². The molecule has 1 heteroatoms. The molecule has 1 saturated heterocycles. The van der Waals surface area contributed by atoms with E-state index in [-0.39, 0.29) is 0 Å². The molecule has 54 valence electrons. The minimum Gasteiger partial charge on any atom is -0.298 e. The molecule has 1 rings (SSSR count). The molecule has 0 saturated carbocycles. The Morgan fingerprint density at radius 2 is 2.22 bits per heavy atom. The molecule has 1 nitrogen and oxygen atoms in total. The second-order valence-corrected chi connectivity index (χ2v) is 3.18. The van der Waals surface area contributed by atoms with Gasteiger partial charge >= 0.3 is 0 Å². The maximum Gasteiger partial charge on any atom is 0.0107 e. The van der Waals surface area contributed by atoms with Gasteiger partial charge < -0.3 is 0 Å². The summed E-state index contributed by atoms with van der Waals surface area (Å²) in [6.07, 6.45) is 2.76. The first kappa shape index (κ1) is 7.07. The number of likely N-dealkylation sites (tertiary alicyclic amines) is 1. The third-order valence-electron chi connectivity index (χ3n) is 2.32. The van der Waals surface area contributed by atoms with E-state index in [2.05, 4.69) is 25.7 Å². The van der Waals surface area contributed by atoms with Crippen LogP contribution in [0.15, 0.2) is 0 Å². The normalized spacial score (nSPS) is 28.7. The van der Waals surface area contributed by atoms with E-state index in [0.717, 1.165) is 12.1 Å². The Morgan fingerprint density at radius 1 is 1.56 bits per heavy atom. The molecule has 0 bridgehead atoms. The first-order valence-corrected chi connectivity index (χ1v) is 4.01. The van der Waals surface area contributed by atoms with E-state index in [4.69, 9.17) is 0 Å². The molecule has 0 aromatic heterocycles. The summed E-state index contributed by atoms with van der Waals surface area (Å²) in [6.45, 7) is 8.17. The van der Waals surface area contributed by atoms with E-state index in [0.29, 0.717) is 0 Å². The zero-order valence-electron chi connectivity index (χ0n) is 6.72. The van der Waals surface area contributed by atoms with Crippen LogP contribution in [0, 0.1) is 0 Å². The molecule has 9 heavy (non-hydrogen) atoms. The van der Waals surface area contributed by atoms with Crippen molar-refractivity contribution in [3.63, 3.8) is 0 Å². The van der Waals surface area contributed by atoms with E-state index >= 15 is 0 Å². The van der Waals surface area contributed by atoms with Gasteiger partial charge in [0.1, 0.15) is 0 Å². The van der Waals surface area contributed by atoms with Crippen molar-refractivity contribution in [2.75, 3.05) is 6.54 Å². The topological polar surface area (TPSA) is 3.24 Å². The van der Waals surface area contributed by atoms with Gasteiger partial charge in [0.25, 0.3) is 0 Å². The van der Waals surface area contributed by atoms with Gasteiger partial charge in [0.15, 0.2) is 0 Å². The summed E-state index contributed by atoms with van der Waals surface area (Å²) in [6, 6.07) is 1.67. The summed E-state index contributed by atoms with van der Waals surface area (Å²) in [5, 5.41) is 0. The molecule has 0 amide bonds. The zero-order chi connectivity index (χ0) is 6.85. The average molecular weight is 127 g/mol. The lowest BCUT2D eigenvalue weighted by Gasteiger charge is -2.43. The Kier molecular flexibility index (Phi) is 2.12. The Bertz CT molecular complexity index is 86.6. The first-order valence-electron chi connectivity index (χ1n) is 4.01. The predicted octanol–water partition coefficient (Wildman–Crippen LogP) is 1.88. The van der Waals surface area contributed by atoms with Crippen molar-refractivity contribution >= 4 is 0 Å². The van der Waals surface area contributed by atoms with Gasteiger partial charge in [-0.25, -0.2) is 0 Å². The molecule has 0 radical (unpaired) electrons. The van der Waals surface area contributed by atoms with Crippen molar-refractivity contribution in [3.8, 4) is 0 Å². The van der Waals surface area contributed by atoms with E-state index < -0.39 is 0 Å². The van der Waals surface area contributed by atoms with Gasteiger partial charge in [-0.2, -0.15) is 0 Å². The van der Waals surface area contributed by atoms with Crippen molar-refractivity contribution in [3.05, 3.63) is 0 Å². The minimum atomic E-state index is 0.767. The van der Waals surface area contributed by atoms with Gasteiger partial charge in [0.2, 0.25) is 0 Å². The summed E-state index contributed by atoms with van der Waals surface area (Å²) < 4.78 is 0. The Balaban J connectivity index is 2.27. The van der Waals surface area contributed by atoms with Crippen LogP contribution >= 0.6 is 0 Å². The second-order valence-electron chi connectivity index (χ2n) is 3.18. The maximum absolute atomic E-state index is 2.57. The number of rotatable bonds is 2. The Morgan fingerprint density at radius 3 is 2.33 bits per heavy atom. The molecule has 0 spiro atoms. The lowest BCUT2D eigenvalue weighted by Crippen LogP contribution is -2.50. The van der Waals surface area contributed by atoms with Crippen LogP contribution in [0.3, 0.4) is 0 Å². The van der Waals surface area contributed by atoms with Gasteiger partial charge in [-0.05, 0) is 26.7 Å². The van der Waals surface area contributed by atoms with Crippen molar-refractivity contribution in [2.24, 2.45) is 0 Å². The molecule has 1 aliphatic rings. The highest BCUT2D eigenvalue weighted by Crippen LogP contribution is 2.22. The van der Waals surface area contributed by atoms with Crippen LogP contribution in [-0.2, 0) is 0 Å². The summed E-state index contributed by atoms with van der Waals surface area (Å²) in [7, 11) is 0. The lowest BCUT2D eigenvalue weighted by molar-refractivity contribution is 0.0542. The van der Waals surface area contributed by atoms with Gasteiger partial charge in [0, 0.05) is 18.6 Å². The second kappa shape index (κ2) is 2.70. The third-order valence-corrected chi connectivity index (χ3v) is 2.32. The first-order chi connectivity index (χ1) is 4.25. The van der Waals surface area contributed by atoms with Crippen LogP contribution in [0.5, 0.6) is 0 Å². The van der Waals surface area contributed by atoms with E-state index in [1.165, 1.54) is 19.4 Å². The fourth-order valence-corrected chi connectivity index (χ4v) is 1.58. The average Bonchev–Trinajstić information content (AvgIpc) is 1.61. The highest BCUT2D eigenvalue weighted by atomic mass is 15.2. The van der Waals surface area contributed by atoms with Crippen molar-refractivity contribution in [1.29, 1.82) is 0 Å². The van der Waals surface area contributed by atoms with Crippen LogP contribution < -0.4 is 0 Å². The Labute approximate surface area is 58.0 Å². The fraction of sp³-hybridized carbons (Fsp3) is 1.00. The molecular formula is C8H17N. The van der Waals surface area contributed by atoms with Crippen molar-refractivity contribution < 1.29 is 0 Å². The minimum absolute atomic E-state index is 0.767. The van der Waals surface area contributed by atoms with Crippen LogP contribution in [0.25, 0.3) is 0 Å². The maximum atomic E-state index is 2.57. The summed E-state index contributed by atoms with van der Waals surface area (Å²) in [5.41, 5.74) is 0. The van der Waals surface area contributed by atoms with Crippen LogP contribution in [0.1, 0.15) is 33.6 Å². The highest BCUT2D eigenvalue weighted by Gasteiger charge is 2.27. The predicted molar refractivity (Wildman–Crippen MR) is 40.5 cm³/mol. The highest BCUT2D eigenvalue weighted by molar-refractivity contribution is 4.83. The molecule has 0 aromatic rings. The molecule has 0 unspecified atom stereocenters. The number of hydrogen-bond donors (Lipinski definition) is 0. The van der Waals surface area contributed by atoms with Crippen LogP contribution in [0.2, 0.25) is 0 Å². The van der Waals surface area contributed by atoms with Crippen LogP contribution in [0.4, 0.5) is 0 Å². The molecule has 1 aliphatic heterocycles. The summed E-state index contributed by atoms with van der Waals surface area (Å²) in [4.78, 5) is 2.57. The lowest BCUT2D eigenvalue weighted by atomic mass is 9.98. The smallest absolute Gasteiger partial charge is 0.0107 e. The van der Waals surface area contributed by atoms with Crippen molar-refractivity contribution in [1.82, 2.24) is 4.90 Å². The van der Waals surface area contributed by atoms with E-state index in [1.54, 1.807) is 0 Å². The largest absolute Gasteiger partial charge is 0.298 e. The molecule has 0 aliphatic carbocycles. The van der Waals surface area contributed by atoms with Gasteiger partial charge in [-0.15, -0.1) is 0 Å². The van der Waals surface area contributed by atoms with E-state index in [1.807, 2.05) is 0 Å². The summed E-state index contributed by atoms with van der Waals surface area (Å²) in [5.74, 6) is 0. The van der Waals surface area contributed by atoms with E-state index in [9.17, 15) is 0 Å². The van der Waals surface area contributed by atoms with Crippen LogP contribution in [-0.4, -0.2) is 23.5 Å². The molecule has 0 N–H and O–H groups in total. The molecule has 0 aromatic carbocycles. The number of hydrogen-bond acceptors (Lipinski definition) is 1. The van der Waals surface area contributed by atoms with Gasteiger partial charge in [-0.1, -0.05) is 6.92 Å². The fourth-order valence-electron chi connectivity index (χ4n) is 1.58. The monoisotopic (exact) mass is 127 g/mol. The van der Waals surface area contributed by atoms with Crippen molar-refractivity contribution in [2.45, 2.75) is 45.7 Å². The third kappa shape index (κ3) is 1.26. The molecular weight excluding hydrogens is 110 g/mol. The Hall–Kier alpha value is -0.0400. The quantitative estimate of drug-likeness (QED) is 0.547. The molecule has 1 heterocycles. The SMILES string of the molecule is CC[C@H]1CCN1C(C)C. The standard InChI is InChI=1S/C8H17N/c1-4-8-5-6-9(8)7(2)3/h7-8H,4-6H2,1-3H3/t8-/m0/s1. The molecule has 1 fully saturated rings.